The van der Waals surface area contributed by atoms with Crippen molar-refractivity contribution in [3.63, 3.8) is 0 Å². The normalized spacial score (nSPS) is 19.0. The van der Waals surface area contributed by atoms with Crippen LogP contribution in [0.3, 0.4) is 0 Å². The van der Waals surface area contributed by atoms with Crippen LogP contribution >= 0.6 is 0 Å². The third-order valence-corrected chi connectivity index (χ3v) is 4.72. The summed E-state index contributed by atoms with van der Waals surface area (Å²) in [4.78, 5) is 25.1. The Balaban J connectivity index is 1.72. The lowest BCUT2D eigenvalue weighted by molar-refractivity contribution is -0.118. The number of rotatable bonds is 3. The highest BCUT2D eigenvalue weighted by Gasteiger charge is 2.39. The number of nitrogens with one attached hydrogen (secondary N) is 2. The molecule has 0 bridgehead atoms. The average molecular weight is 348 g/mol. The second-order valence-corrected chi connectivity index (χ2v) is 6.61. The Morgan fingerprint density at radius 2 is 2.08 bits per heavy atom. The topological polar surface area (TPSA) is 88.0 Å². The van der Waals surface area contributed by atoms with Gasteiger partial charge in [0.1, 0.15) is 18.3 Å². The minimum absolute atomic E-state index is 0.112. The number of nitrogens with zero attached hydrogens (tertiary/aromatic N) is 4. The lowest BCUT2D eigenvalue weighted by atomic mass is 9.90. The number of amides is 1. The highest BCUT2D eigenvalue weighted by atomic mass is 16.2. The van der Waals surface area contributed by atoms with Gasteiger partial charge in [-0.1, -0.05) is 17.7 Å². The van der Waals surface area contributed by atoms with Gasteiger partial charge in [-0.3, -0.25) is 4.79 Å². The Morgan fingerprint density at radius 1 is 1.23 bits per heavy atom. The monoisotopic (exact) mass is 348 g/mol. The molecule has 2 atom stereocenters. The SMILES string of the molecule is CC1=Nc2ncnn2C(c2ccc[nH]2)C1C(=O)Nc1ccc(C)cc1C. The number of carbonyl (C=O) groups excluding carboxylic acids is 1. The molecular formula is C19H20N6O. The van der Waals surface area contributed by atoms with E-state index in [4.69, 9.17) is 0 Å². The minimum Gasteiger partial charge on any atom is -0.363 e. The molecule has 0 aliphatic carbocycles. The van der Waals surface area contributed by atoms with Crippen molar-refractivity contribution in [3.8, 4) is 0 Å². The number of aliphatic imine (C=N–C) groups is 1. The van der Waals surface area contributed by atoms with Crippen LogP contribution in [0, 0.1) is 19.8 Å². The highest BCUT2D eigenvalue weighted by molar-refractivity contribution is 6.10. The van der Waals surface area contributed by atoms with Crippen molar-refractivity contribution in [2.75, 3.05) is 5.32 Å². The molecule has 1 aliphatic heterocycles. The Labute approximate surface area is 151 Å². The van der Waals surface area contributed by atoms with Gasteiger partial charge in [0.25, 0.3) is 0 Å². The fourth-order valence-corrected chi connectivity index (χ4v) is 3.45. The summed E-state index contributed by atoms with van der Waals surface area (Å²) >= 11 is 0. The van der Waals surface area contributed by atoms with Gasteiger partial charge < -0.3 is 10.3 Å². The number of fused-ring (bicyclic) bond motifs is 1. The van der Waals surface area contributed by atoms with E-state index in [2.05, 4.69) is 31.4 Å². The number of aryl methyl sites for hydroxylation is 2. The summed E-state index contributed by atoms with van der Waals surface area (Å²) in [6.07, 6.45) is 3.30. The number of benzene rings is 1. The Morgan fingerprint density at radius 3 is 2.81 bits per heavy atom. The predicted octanol–water partition coefficient (Wildman–Crippen LogP) is 3.17. The van der Waals surface area contributed by atoms with Gasteiger partial charge in [-0.15, -0.1) is 0 Å². The summed E-state index contributed by atoms with van der Waals surface area (Å²) < 4.78 is 1.70. The summed E-state index contributed by atoms with van der Waals surface area (Å²) in [5.74, 6) is -0.0832. The van der Waals surface area contributed by atoms with Crippen molar-refractivity contribution < 1.29 is 4.79 Å². The number of aromatic amines is 1. The van der Waals surface area contributed by atoms with Crippen molar-refractivity contribution in [2.24, 2.45) is 10.9 Å². The molecule has 132 valence electrons. The highest BCUT2D eigenvalue weighted by Crippen LogP contribution is 2.35. The second-order valence-electron chi connectivity index (χ2n) is 6.61. The van der Waals surface area contributed by atoms with Gasteiger partial charge in [-0.25, -0.2) is 9.67 Å². The van der Waals surface area contributed by atoms with Crippen LogP contribution in [-0.4, -0.2) is 31.4 Å². The van der Waals surface area contributed by atoms with Crippen molar-refractivity contribution in [2.45, 2.75) is 26.8 Å². The van der Waals surface area contributed by atoms with E-state index in [0.717, 1.165) is 22.5 Å². The van der Waals surface area contributed by atoms with Crippen LogP contribution in [0.1, 0.15) is 29.8 Å². The van der Waals surface area contributed by atoms with E-state index in [-0.39, 0.29) is 11.9 Å². The number of hydrogen-bond donors (Lipinski definition) is 2. The van der Waals surface area contributed by atoms with Gasteiger partial charge in [0.05, 0.1) is 0 Å². The first-order valence-corrected chi connectivity index (χ1v) is 8.50. The van der Waals surface area contributed by atoms with Crippen molar-refractivity contribution in [1.29, 1.82) is 0 Å². The van der Waals surface area contributed by atoms with Gasteiger partial charge in [0.2, 0.25) is 11.9 Å². The van der Waals surface area contributed by atoms with Crippen LogP contribution in [-0.2, 0) is 4.79 Å². The van der Waals surface area contributed by atoms with E-state index in [1.54, 1.807) is 4.68 Å². The molecule has 4 rings (SSSR count). The van der Waals surface area contributed by atoms with Gasteiger partial charge >= 0.3 is 0 Å². The Bertz CT molecular complexity index is 985. The fraction of sp³-hybridized carbons (Fsp3) is 0.263. The van der Waals surface area contributed by atoms with E-state index >= 15 is 0 Å². The maximum Gasteiger partial charge on any atom is 0.248 e. The molecule has 7 nitrogen and oxygen atoms in total. The quantitative estimate of drug-likeness (QED) is 0.762. The molecule has 2 aromatic heterocycles. The third-order valence-electron chi connectivity index (χ3n) is 4.72. The van der Waals surface area contributed by atoms with Crippen LogP contribution < -0.4 is 5.32 Å². The zero-order valence-corrected chi connectivity index (χ0v) is 14.9. The lowest BCUT2D eigenvalue weighted by Gasteiger charge is -2.29. The smallest absolute Gasteiger partial charge is 0.248 e. The maximum absolute atomic E-state index is 13.2. The Kier molecular flexibility index (Phi) is 3.91. The molecule has 1 aromatic carbocycles. The first-order chi connectivity index (χ1) is 12.5. The molecule has 26 heavy (non-hydrogen) atoms. The molecule has 1 amide bonds. The molecular weight excluding hydrogens is 328 g/mol. The molecule has 2 N–H and O–H groups in total. The molecule has 0 saturated heterocycles. The number of anilines is 1. The lowest BCUT2D eigenvalue weighted by Crippen LogP contribution is -2.39. The zero-order valence-electron chi connectivity index (χ0n) is 14.9. The molecule has 3 aromatic rings. The minimum atomic E-state index is -0.483. The Hall–Kier alpha value is -3.22. The number of carbonyl (C=O) groups is 1. The number of aromatic nitrogens is 4. The van der Waals surface area contributed by atoms with Crippen LogP contribution in [0.25, 0.3) is 0 Å². The van der Waals surface area contributed by atoms with Gasteiger partial charge in [-0.2, -0.15) is 10.1 Å². The standard InChI is InChI=1S/C19H20N6O/c1-11-6-7-14(12(2)9-11)24-18(26)16-13(3)23-19-21-10-22-25(19)17(16)15-5-4-8-20-15/h4-10,16-17,20H,1-3H3,(H,24,26). The first kappa shape index (κ1) is 16.3. The predicted molar refractivity (Wildman–Crippen MR) is 99.8 cm³/mol. The largest absolute Gasteiger partial charge is 0.363 e. The molecule has 1 aliphatic rings. The van der Waals surface area contributed by atoms with E-state index < -0.39 is 5.92 Å². The summed E-state index contributed by atoms with van der Waals surface area (Å²) in [6.45, 7) is 5.88. The molecule has 0 spiro atoms. The van der Waals surface area contributed by atoms with Crippen molar-refractivity contribution in [3.05, 3.63) is 59.7 Å². The van der Waals surface area contributed by atoms with Crippen LogP contribution in [0.2, 0.25) is 0 Å². The number of H-pyrrole nitrogens is 1. The summed E-state index contributed by atoms with van der Waals surface area (Å²) in [5, 5.41) is 7.35. The maximum atomic E-state index is 13.2. The summed E-state index contributed by atoms with van der Waals surface area (Å²) in [7, 11) is 0. The molecule has 2 unspecified atom stereocenters. The van der Waals surface area contributed by atoms with E-state index in [1.807, 2.05) is 51.2 Å². The van der Waals surface area contributed by atoms with Crippen LogP contribution in [0.5, 0.6) is 0 Å². The van der Waals surface area contributed by atoms with E-state index in [9.17, 15) is 4.79 Å². The molecule has 7 heteroatoms. The van der Waals surface area contributed by atoms with E-state index in [1.165, 1.54) is 6.33 Å². The first-order valence-electron chi connectivity index (χ1n) is 8.50. The molecule has 3 heterocycles. The van der Waals surface area contributed by atoms with Gasteiger partial charge in [0, 0.05) is 23.3 Å². The van der Waals surface area contributed by atoms with Gasteiger partial charge in [0.15, 0.2) is 0 Å². The average Bonchev–Trinajstić information content (AvgIpc) is 3.27. The van der Waals surface area contributed by atoms with Crippen molar-refractivity contribution in [1.82, 2.24) is 19.7 Å². The molecule has 0 radical (unpaired) electrons. The summed E-state index contributed by atoms with van der Waals surface area (Å²) in [5.41, 5.74) is 4.61. The molecule has 0 saturated carbocycles. The van der Waals surface area contributed by atoms with Crippen LogP contribution in [0.4, 0.5) is 11.6 Å². The third kappa shape index (κ3) is 2.71. The van der Waals surface area contributed by atoms with Crippen LogP contribution in [0.15, 0.2) is 47.8 Å². The second kappa shape index (κ2) is 6.25. The van der Waals surface area contributed by atoms with Crippen molar-refractivity contribution >= 4 is 23.3 Å². The molecule has 0 fully saturated rings. The summed E-state index contributed by atoms with van der Waals surface area (Å²) in [6, 6.07) is 9.52. The number of hydrogen-bond acceptors (Lipinski definition) is 4. The fourth-order valence-electron chi connectivity index (χ4n) is 3.45. The van der Waals surface area contributed by atoms with E-state index in [0.29, 0.717) is 11.7 Å². The zero-order chi connectivity index (χ0) is 18.3. The van der Waals surface area contributed by atoms with Gasteiger partial charge in [-0.05, 0) is 44.5 Å².